The molecular formula is C28H37N3O5. The van der Waals surface area contributed by atoms with Crippen LogP contribution in [0.25, 0.3) is 0 Å². The van der Waals surface area contributed by atoms with Crippen LogP contribution in [0.15, 0.2) is 42.5 Å². The fraction of sp³-hybridized carbons (Fsp3) is 0.464. The Balaban J connectivity index is 2.30. The van der Waals surface area contributed by atoms with E-state index in [1.165, 1.54) is 12.1 Å². The lowest BCUT2D eigenvalue weighted by Gasteiger charge is -2.28. The number of phenolic OH excluding ortho intramolecular Hbond substituents is 1. The molecule has 0 radical (unpaired) electrons. The maximum absolute atomic E-state index is 13.3. The molecule has 4 N–H and O–H groups in total. The maximum atomic E-state index is 13.3. The first-order valence-electron chi connectivity index (χ1n) is 12.4. The van der Waals surface area contributed by atoms with E-state index in [1.807, 2.05) is 26.8 Å². The van der Waals surface area contributed by atoms with Gasteiger partial charge in [0.25, 0.3) is 11.8 Å². The van der Waals surface area contributed by atoms with E-state index in [9.17, 15) is 24.9 Å². The van der Waals surface area contributed by atoms with Crippen LogP contribution in [-0.4, -0.2) is 63.4 Å². The van der Waals surface area contributed by atoms with Gasteiger partial charge < -0.3 is 25.5 Å². The number of aryl methyl sites for hydroxylation is 1. The first-order valence-corrected chi connectivity index (χ1v) is 12.4. The standard InChI is InChI=1S/C28H37N3O5/c1-4-13-31(14-5-2)28(36)22-16-19(3)15-21(18-22)27(35)30-24(26(34)25(33)7-6-12-29)17-20-8-10-23(32)11-9-20/h8-11,15-16,18,24-26,32-34H,4-7,13-14,17H2,1-3H3,(H,30,35). The number of amides is 2. The van der Waals surface area contributed by atoms with Gasteiger partial charge in [-0.1, -0.05) is 26.0 Å². The third-order valence-electron chi connectivity index (χ3n) is 5.93. The summed E-state index contributed by atoms with van der Waals surface area (Å²) >= 11 is 0. The van der Waals surface area contributed by atoms with Gasteiger partial charge in [-0.05, 0) is 74.1 Å². The molecule has 0 fully saturated rings. The Morgan fingerprint density at radius 2 is 1.64 bits per heavy atom. The normalized spacial score (nSPS) is 13.3. The van der Waals surface area contributed by atoms with E-state index in [2.05, 4.69) is 5.32 Å². The van der Waals surface area contributed by atoms with Crippen molar-refractivity contribution >= 4 is 11.8 Å². The second-order valence-electron chi connectivity index (χ2n) is 9.09. The highest BCUT2D eigenvalue weighted by Crippen LogP contribution is 2.18. The number of nitriles is 1. The monoisotopic (exact) mass is 495 g/mol. The van der Waals surface area contributed by atoms with E-state index >= 15 is 0 Å². The van der Waals surface area contributed by atoms with Gasteiger partial charge in [0, 0.05) is 30.6 Å². The molecule has 2 amide bonds. The molecule has 36 heavy (non-hydrogen) atoms. The number of hydrogen-bond acceptors (Lipinski definition) is 6. The van der Waals surface area contributed by atoms with Gasteiger partial charge in [-0.3, -0.25) is 9.59 Å². The molecule has 0 saturated carbocycles. The Morgan fingerprint density at radius 3 is 2.22 bits per heavy atom. The minimum Gasteiger partial charge on any atom is -0.508 e. The maximum Gasteiger partial charge on any atom is 0.253 e. The molecule has 0 saturated heterocycles. The van der Waals surface area contributed by atoms with Crippen LogP contribution >= 0.6 is 0 Å². The highest BCUT2D eigenvalue weighted by atomic mass is 16.3. The Kier molecular flexibility index (Phi) is 11.4. The van der Waals surface area contributed by atoms with Crippen molar-refractivity contribution in [2.45, 2.75) is 71.1 Å². The minimum atomic E-state index is -1.33. The molecule has 0 bridgehead atoms. The van der Waals surface area contributed by atoms with E-state index in [0.717, 1.165) is 24.0 Å². The Morgan fingerprint density at radius 1 is 1.03 bits per heavy atom. The van der Waals surface area contributed by atoms with Crippen LogP contribution in [0.5, 0.6) is 5.75 Å². The smallest absolute Gasteiger partial charge is 0.253 e. The van der Waals surface area contributed by atoms with Gasteiger partial charge in [0.15, 0.2) is 0 Å². The largest absolute Gasteiger partial charge is 0.508 e. The molecule has 0 aliphatic carbocycles. The number of nitrogens with zero attached hydrogens (tertiary/aromatic N) is 2. The average Bonchev–Trinajstić information content (AvgIpc) is 2.86. The van der Waals surface area contributed by atoms with E-state index in [1.54, 1.807) is 35.2 Å². The number of nitrogens with one attached hydrogen (secondary N) is 1. The van der Waals surface area contributed by atoms with E-state index in [0.29, 0.717) is 18.7 Å². The molecule has 0 aliphatic rings. The zero-order chi connectivity index (χ0) is 26.7. The van der Waals surface area contributed by atoms with Gasteiger partial charge in [-0.15, -0.1) is 0 Å². The van der Waals surface area contributed by atoms with Crippen LogP contribution in [0.3, 0.4) is 0 Å². The van der Waals surface area contributed by atoms with Gasteiger partial charge in [0.1, 0.15) is 11.9 Å². The number of aromatic hydroxyl groups is 1. The molecule has 8 heteroatoms. The second-order valence-corrected chi connectivity index (χ2v) is 9.09. The van der Waals surface area contributed by atoms with Crippen molar-refractivity contribution in [1.29, 1.82) is 5.26 Å². The molecule has 2 aromatic carbocycles. The molecule has 3 unspecified atom stereocenters. The first-order chi connectivity index (χ1) is 17.2. The molecule has 2 rings (SSSR count). The summed E-state index contributed by atoms with van der Waals surface area (Å²) in [7, 11) is 0. The highest BCUT2D eigenvalue weighted by molar-refractivity contribution is 6.00. The molecule has 194 valence electrons. The molecule has 3 atom stereocenters. The number of hydrogen-bond donors (Lipinski definition) is 4. The van der Waals surface area contributed by atoms with Crippen molar-refractivity contribution < 1.29 is 24.9 Å². The lowest BCUT2D eigenvalue weighted by molar-refractivity contribution is -0.00643. The quantitative estimate of drug-likeness (QED) is 0.337. The van der Waals surface area contributed by atoms with Crippen molar-refractivity contribution in [2.75, 3.05) is 13.1 Å². The van der Waals surface area contributed by atoms with Crippen LogP contribution in [0.1, 0.15) is 71.4 Å². The zero-order valence-electron chi connectivity index (χ0n) is 21.3. The van der Waals surface area contributed by atoms with Crippen molar-refractivity contribution in [2.24, 2.45) is 0 Å². The van der Waals surface area contributed by atoms with E-state index < -0.39 is 24.2 Å². The summed E-state index contributed by atoms with van der Waals surface area (Å²) in [6, 6.07) is 12.4. The van der Waals surface area contributed by atoms with Gasteiger partial charge in [0.2, 0.25) is 0 Å². The second kappa shape index (κ2) is 14.2. The SMILES string of the molecule is CCCN(CCC)C(=O)c1cc(C)cc(C(=O)NC(Cc2ccc(O)cc2)C(O)C(O)CCC#N)c1. The average molecular weight is 496 g/mol. The molecule has 2 aromatic rings. The lowest BCUT2D eigenvalue weighted by Crippen LogP contribution is -2.49. The summed E-state index contributed by atoms with van der Waals surface area (Å²) in [5.74, 6) is -0.532. The summed E-state index contributed by atoms with van der Waals surface area (Å²) < 4.78 is 0. The van der Waals surface area contributed by atoms with Crippen molar-refractivity contribution in [1.82, 2.24) is 10.2 Å². The topological polar surface area (TPSA) is 134 Å². The Hall–Kier alpha value is -3.41. The van der Waals surface area contributed by atoms with E-state index in [4.69, 9.17) is 5.26 Å². The molecular weight excluding hydrogens is 458 g/mol. The molecule has 0 aliphatic heterocycles. The van der Waals surface area contributed by atoms with Crippen molar-refractivity contribution in [3.8, 4) is 11.8 Å². The first kappa shape index (κ1) is 28.8. The van der Waals surface area contributed by atoms with Gasteiger partial charge in [0.05, 0.1) is 18.2 Å². The summed E-state index contributed by atoms with van der Waals surface area (Å²) in [6.07, 6.45) is -0.563. The van der Waals surface area contributed by atoms with Crippen molar-refractivity contribution in [3.05, 3.63) is 64.7 Å². The summed E-state index contributed by atoms with van der Waals surface area (Å²) in [6.45, 7) is 7.09. The van der Waals surface area contributed by atoms with E-state index in [-0.39, 0.29) is 36.5 Å². The lowest BCUT2D eigenvalue weighted by atomic mass is 9.95. The van der Waals surface area contributed by atoms with Crippen molar-refractivity contribution in [3.63, 3.8) is 0 Å². The Labute approximate surface area is 213 Å². The van der Waals surface area contributed by atoms with Crippen LogP contribution in [-0.2, 0) is 6.42 Å². The van der Waals surface area contributed by atoms with Crippen LogP contribution < -0.4 is 5.32 Å². The number of aliphatic hydroxyl groups is 2. The zero-order valence-corrected chi connectivity index (χ0v) is 21.3. The molecule has 0 aromatic heterocycles. The van der Waals surface area contributed by atoms with Crippen LogP contribution in [0, 0.1) is 18.3 Å². The third-order valence-corrected chi connectivity index (χ3v) is 5.93. The number of carbonyl (C=O) groups is 2. The van der Waals surface area contributed by atoms with Gasteiger partial charge in [-0.25, -0.2) is 0 Å². The summed E-state index contributed by atoms with van der Waals surface area (Å²) in [5.41, 5.74) is 2.19. The number of carbonyl (C=O) groups excluding carboxylic acids is 2. The predicted molar refractivity (Wildman–Crippen MR) is 138 cm³/mol. The molecule has 8 nitrogen and oxygen atoms in total. The van der Waals surface area contributed by atoms with Gasteiger partial charge in [-0.2, -0.15) is 5.26 Å². The summed E-state index contributed by atoms with van der Waals surface area (Å²) in [5, 5.41) is 42.4. The van der Waals surface area contributed by atoms with Gasteiger partial charge >= 0.3 is 0 Å². The van der Waals surface area contributed by atoms with Crippen LogP contribution in [0.2, 0.25) is 0 Å². The molecule has 0 heterocycles. The van der Waals surface area contributed by atoms with Crippen LogP contribution in [0.4, 0.5) is 0 Å². The Bertz CT molecular complexity index is 1040. The fourth-order valence-corrected chi connectivity index (χ4v) is 4.12. The third kappa shape index (κ3) is 8.36. The highest BCUT2D eigenvalue weighted by Gasteiger charge is 2.28. The fourth-order valence-electron chi connectivity index (χ4n) is 4.12. The molecule has 0 spiro atoms. The number of benzene rings is 2. The summed E-state index contributed by atoms with van der Waals surface area (Å²) in [4.78, 5) is 28.2. The minimum absolute atomic E-state index is 0.0629. The predicted octanol–water partition coefficient (Wildman–Crippen LogP) is 3.33. The number of rotatable bonds is 13. The number of phenols is 1. The number of aliphatic hydroxyl groups excluding tert-OH is 2.